The lowest BCUT2D eigenvalue weighted by atomic mass is 10.1. The van der Waals surface area contributed by atoms with E-state index in [0.717, 1.165) is 5.56 Å². The summed E-state index contributed by atoms with van der Waals surface area (Å²) in [5.74, 6) is -0.949. The van der Waals surface area contributed by atoms with Crippen LogP contribution in [-0.2, 0) is 23.0 Å². The Morgan fingerprint density at radius 1 is 1.36 bits per heavy atom. The summed E-state index contributed by atoms with van der Waals surface area (Å²) in [5.41, 5.74) is 0.884. The zero-order valence-corrected chi connectivity index (χ0v) is 12.2. The second-order valence-electron chi connectivity index (χ2n) is 4.70. The highest BCUT2D eigenvalue weighted by atomic mass is 16.5. The van der Waals surface area contributed by atoms with Crippen LogP contribution in [0.3, 0.4) is 0 Å². The van der Waals surface area contributed by atoms with Crippen LogP contribution in [0, 0.1) is 0 Å². The quantitative estimate of drug-likeness (QED) is 0.755. The van der Waals surface area contributed by atoms with Gasteiger partial charge in [-0.25, -0.2) is 4.79 Å². The van der Waals surface area contributed by atoms with Crippen LogP contribution in [0.2, 0.25) is 0 Å². The minimum Gasteiger partial charge on any atom is -0.508 e. The first-order chi connectivity index (χ1) is 10.5. The normalized spacial score (nSPS) is 11.7. The molecular formula is C14H16N4O4. The van der Waals surface area contributed by atoms with E-state index in [-0.39, 0.29) is 17.9 Å². The lowest BCUT2D eigenvalue weighted by Crippen LogP contribution is -2.43. The fraction of sp³-hybridized carbons (Fsp3) is 0.286. The maximum atomic E-state index is 12.1. The summed E-state index contributed by atoms with van der Waals surface area (Å²) in [6, 6.07) is 5.49. The van der Waals surface area contributed by atoms with E-state index in [1.54, 1.807) is 19.2 Å². The van der Waals surface area contributed by atoms with Crippen molar-refractivity contribution in [1.29, 1.82) is 0 Å². The van der Waals surface area contributed by atoms with Gasteiger partial charge < -0.3 is 15.2 Å². The molecule has 1 unspecified atom stereocenters. The Morgan fingerprint density at radius 2 is 2.05 bits per heavy atom. The predicted octanol–water partition coefficient (Wildman–Crippen LogP) is 0.0348. The first-order valence-electron chi connectivity index (χ1n) is 6.52. The second-order valence-corrected chi connectivity index (χ2v) is 4.70. The van der Waals surface area contributed by atoms with Gasteiger partial charge in [0.05, 0.1) is 13.3 Å². The number of carbonyl (C=O) groups excluding carboxylic acids is 2. The third kappa shape index (κ3) is 3.81. The number of phenols is 1. The molecule has 1 aromatic carbocycles. The number of ether oxygens (including phenoxy) is 1. The number of rotatable bonds is 5. The van der Waals surface area contributed by atoms with Gasteiger partial charge in [0, 0.05) is 13.5 Å². The SMILES string of the molecule is COC(=O)C(Cc1ccc(O)cc1)NC(=O)c1cn(C)nn1. The van der Waals surface area contributed by atoms with Gasteiger partial charge in [0.15, 0.2) is 5.69 Å². The van der Waals surface area contributed by atoms with E-state index in [1.807, 2.05) is 0 Å². The molecule has 0 aliphatic carbocycles. The topological polar surface area (TPSA) is 106 Å². The average Bonchev–Trinajstić information content (AvgIpc) is 2.94. The number of esters is 1. The minimum absolute atomic E-state index is 0.113. The fourth-order valence-electron chi connectivity index (χ4n) is 1.89. The first-order valence-corrected chi connectivity index (χ1v) is 6.52. The molecule has 0 aliphatic rings. The van der Waals surface area contributed by atoms with Gasteiger partial charge in [-0.05, 0) is 17.7 Å². The Labute approximate surface area is 126 Å². The number of phenolic OH excluding ortho intramolecular Hbond substituents is 1. The van der Waals surface area contributed by atoms with Crippen molar-refractivity contribution in [2.75, 3.05) is 7.11 Å². The van der Waals surface area contributed by atoms with Gasteiger partial charge in [0.2, 0.25) is 0 Å². The lowest BCUT2D eigenvalue weighted by molar-refractivity contribution is -0.142. The summed E-state index contributed by atoms with van der Waals surface area (Å²) in [7, 11) is 2.89. The zero-order valence-electron chi connectivity index (χ0n) is 12.2. The summed E-state index contributed by atoms with van der Waals surface area (Å²) >= 11 is 0. The maximum Gasteiger partial charge on any atom is 0.328 e. The molecule has 8 nitrogen and oxygen atoms in total. The molecule has 0 fully saturated rings. The lowest BCUT2D eigenvalue weighted by Gasteiger charge is -2.15. The Kier molecular flexibility index (Phi) is 4.72. The molecule has 0 bridgehead atoms. The van der Waals surface area contributed by atoms with Gasteiger partial charge >= 0.3 is 5.97 Å². The van der Waals surface area contributed by atoms with Crippen LogP contribution >= 0.6 is 0 Å². The van der Waals surface area contributed by atoms with Crippen LogP contribution in [0.1, 0.15) is 16.1 Å². The van der Waals surface area contributed by atoms with E-state index in [1.165, 1.54) is 30.1 Å². The number of nitrogens with one attached hydrogen (secondary N) is 1. The molecule has 1 heterocycles. The fourth-order valence-corrected chi connectivity index (χ4v) is 1.89. The van der Waals surface area contributed by atoms with Crippen LogP contribution in [0.15, 0.2) is 30.5 Å². The Morgan fingerprint density at radius 3 is 2.59 bits per heavy atom. The van der Waals surface area contributed by atoms with Crippen molar-refractivity contribution in [1.82, 2.24) is 20.3 Å². The summed E-state index contributed by atoms with van der Waals surface area (Å²) < 4.78 is 6.10. The minimum atomic E-state index is -0.857. The molecule has 1 aromatic heterocycles. The largest absolute Gasteiger partial charge is 0.508 e. The number of benzene rings is 1. The Balaban J connectivity index is 2.10. The van der Waals surface area contributed by atoms with Crippen molar-refractivity contribution in [2.45, 2.75) is 12.5 Å². The maximum absolute atomic E-state index is 12.1. The number of carbonyl (C=O) groups is 2. The van der Waals surface area contributed by atoms with Crippen LogP contribution < -0.4 is 5.32 Å². The van der Waals surface area contributed by atoms with E-state index in [0.29, 0.717) is 0 Å². The van der Waals surface area contributed by atoms with Crippen molar-refractivity contribution >= 4 is 11.9 Å². The molecule has 8 heteroatoms. The van der Waals surface area contributed by atoms with E-state index < -0.39 is 17.9 Å². The molecule has 2 N–H and O–H groups in total. The molecule has 0 saturated heterocycles. The molecule has 1 atom stereocenters. The number of methoxy groups -OCH3 is 1. The summed E-state index contributed by atoms with van der Waals surface area (Å²) in [6.07, 6.45) is 1.68. The van der Waals surface area contributed by atoms with Gasteiger partial charge in [-0.15, -0.1) is 5.10 Å². The first kappa shape index (κ1) is 15.5. The highest BCUT2D eigenvalue weighted by Gasteiger charge is 2.23. The van der Waals surface area contributed by atoms with Gasteiger partial charge in [-0.3, -0.25) is 9.48 Å². The standard InChI is InChI=1S/C14H16N4O4/c1-18-8-12(16-17-18)13(20)15-11(14(21)22-2)7-9-3-5-10(19)6-4-9/h3-6,8,11,19H,7H2,1-2H3,(H,15,20). The molecule has 22 heavy (non-hydrogen) atoms. The molecule has 0 radical (unpaired) electrons. The van der Waals surface area contributed by atoms with Crippen molar-refractivity contribution in [3.05, 3.63) is 41.7 Å². The molecule has 2 aromatic rings. The number of amides is 1. The molecule has 0 aliphatic heterocycles. The highest BCUT2D eigenvalue weighted by molar-refractivity contribution is 5.94. The van der Waals surface area contributed by atoms with Crippen molar-refractivity contribution in [3.8, 4) is 5.75 Å². The van der Waals surface area contributed by atoms with Crippen molar-refractivity contribution in [2.24, 2.45) is 7.05 Å². The van der Waals surface area contributed by atoms with Crippen LogP contribution in [-0.4, -0.2) is 45.1 Å². The van der Waals surface area contributed by atoms with Crippen LogP contribution in [0.25, 0.3) is 0 Å². The van der Waals surface area contributed by atoms with Gasteiger partial charge in [0.1, 0.15) is 11.8 Å². The van der Waals surface area contributed by atoms with Gasteiger partial charge in [0.25, 0.3) is 5.91 Å². The van der Waals surface area contributed by atoms with E-state index in [2.05, 4.69) is 15.6 Å². The van der Waals surface area contributed by atoms with Gasteiger partial charge in [-0.2, -0.15) is 0 Å². The summed E-state index contributed by atoms with van der Waals surface area (Å²) in [6.45, 7) is 0. The van der Waals surface area contributed by atoms with Crippen LogP contribution in [0.5, 0.6) is 5.75 Å². The number of nitrogens with zero attached hydrogens (tertiary/aromatic N) is 3. The molecule has 2 rings (SSSR count). The van der Waals surface area contributed by atoms with Gasteiger partial charge in [-0.1, -0.05) is 17.3 Å². The average molecular weight is 304 g/mol. The second kappa shape index (κ2) is 6.70. The number of hydrogen-bond donors (Lipinski definition) is 2. The Hall–Kier alpha value is -2.90. The van der Waals surface area contributed by atoms with E-state index in [9.17, 15) is 14.7 Å². The van der Waals surface area contributed by atoms with Crippen LogP contribution in [0.4, 0.5) is 0 Å². The number of aryl methyl sites for hydroxylation is 1. The third-order valence-electron chi connectivity index (χ3n) is 3.00. The smallest absolute Gasteiger partial charge is 0.328 e. The molecular weight excluding hydrogens is 288 g/mol. The number of hydrogen-bond acceptors (Lipinski definition) is 6. The molecule has 116 valence electrons. The predicted molar refractivity (Wildman–Crippen MR) is 76.1 cm³/mol. The molecule has 1 amide bonds. The zero-order chi connectivity index (χ0) is 16.1. The van der Waals surface area contributed by atoms with Crippen molar-refractivity contribution in [3.63, 3.8) is 0 Å². The number of aromatic hydroxyl groups is 1. The van der Waals surface area contributed by atoms with E-state index in [4.69, 9.17) is 4.74 Å². The van der Waals surface area contributed by atoms with Crippen molar-refractivity contribution < 1.29 is 19.4 Å². The Bertz CT molecular complexity index is 666. The monoisotopic (exact) mass is 304 g/mol. The highest BCUT2D eigenvalue weighted by Crippen LogP contribution is 2.12. The third-order valence-corrected chi connectivity index (χ3v) is 3.00. The summed E-state index contributed by atoms with van der Waals surface area (Å²) in [4.78, 5) is 23.9. The molecule has 0 spiro atoms. The summed E-state index contributed by atoms with van der Waals surface area (Å²) in [5, 5.41) is 19.2. The molecule has 0 saturated carbocycles. The number of aromatic nitrogens is 3. The van der Waals surface area contributed by atoms with E-state index >= 15 is 0 Å².